The van der Waals surface area contributed by atoms with Gasteiger partial charge >= 0.3 is 12.0 Å². The zero-order chi connectivity index (χ0) is 12.1. The lowest BCUT2D eigenvalue weighted by molar-refractivity contribution is -0.139. The molecule has 0 saturated carbocycles. The molecule has 0 unspecified atom stereocenters. The highest BCUT2D eigenvalue weighted by Gasteiger charge is 2.05. The van der Waals surface area contributed by atoms with E-state index < -0.39 is 12.6 Å². The number of aromatic nitrogens is 3. The molecule has 2 aromatic heterocycles. The van der Waals surface area contributed by atoms with Crippen LogP contribution >= 0.6 is 0 Å². The fourth-order valence-corrected chi connectivity index (χ4v) is 1.19. The molecule has 0 atom stereocenters. The van der Waals surface area contributed by atoms with Gasteiger partial charge < -0.3 is 9.84 Å². The summed E-state index contributed by atoms with van der Waals surface area (Å²) >= 11 is 0. The largest absolute Gasteiger partial charge is 0.479 e. The lowest BCUT2D eigenvalue weighted by Gasteiger charge is -2.03. The Morgan fingerprint density at radius 3 is 2.76 bits per heavy atom. The number of nitrogens with zero attached hydrogens (tertiary/aromatic N) is 3. The zero-order valence-corrected chi connectivity index (χ0v) is 8.78. The molecule has 6 nitrogen and oxygen atoms in total. The molecule has 0 fully saturated rings. The Kier molecular flexibility index (Phi) is 3.25. The maximum atomic E-state index is 10.3. The molecule has 17 heavy (non-hydrogen) atoms. The van der Waals surface area contributed by atoms with Crippen LogP contribution in [-0.4, -0.2) is 32.6 Å². The third kappa shape index (κ3) is 2.97. The number of aliphatic carboxylic acids is 1. The molecule has 1 N–H and O–H groups in total. The van der Waals surface area contributed by atoms with Crippen molar-refractivity contribution in [3.05, 3.63) is 36.7 Å². The van der Waals surface area contributed by atoms with Crippen LogP contribution in [0, 0.1) is 0 Å². The molecule has 0 aliphatic rings. The average Bonchev–Trinajstić information content (AvgIpc) is 2.38. The molecule has 0 radical (unpaired) electrons. The standard InChI is InChI=1S/C11H9N3O3/c15-10(16)7-17-11-13-6-4-9(14-11)8-3-1-2-5-12-8/h1-6H,7H2,(H,15,16). The lowest BCUT2D eigenvalue weighted by Crippen LogP contribution is -2.11. The van der Waals surface area contributed by atoms with Crippen molar-refractivity contribution in [1.29, 1.82) is 0 Å². The molecule has 0 bridgehead atoms. The van der Waals surface area contributed by atoms with Crippen LogP contribution < -0.4 is 4.74 Å². The maximum absolute atomic E-state index is 10.3. The molecule has 2 aromatic rings. The van der Waals surface area contributed by atoms with E-state index in [2.05, 4.69) is 15.0 Å². The highest BCUT2D eigenvalue weighted by molar-refractivity contribution is 5.68. The quantitative estimate of drug-likeness (QED) is 0.844. The van der Waals surface area contributed by atoms with Gasteiger partial charge in [0.1, 0.15) is 0 Å². The average molecular weight is 231 g/mol. The molecule has 0 spiro atoms. The molecule has 0 aliphatic carbocycles. The van der Waals surface area contributed by atoms with Crippen molar-refractivity contribution in [2.24, 2.45) is 0 Å². The highest BCUT2D eigenvalue weighted by atomic mass is 16.5. The molecular weight excluding hydrogens is 222 g/mol. The van der Waals surface area contributed by atoms with Crippen molar-refractivity contribution >= 4 is 5.97 Å². The van der Waals surface area contributed by atoms with Crippen LogP contribution in [0.4, 0.5) is 0 Å². The van der Waals surface area contributed by atoms with Crippen LogP contribution in [-0.2, 0) is 4.79 Å². The number of carboxylic acids is 1. The lowest BCUT2D eigenvalue weighted by atomic mass is 10.3. The van der Waals surface area contributed by atoms with Gasteiger partial charge in [0.05, 0.1) is 11.4 Å². The van der Waals surface area contributed by atoms with Crippen molar-refractivity contribution in [3.63, 3.8) is 0 Å². The Balaban J connectivity index is 2.20. The summed E-state index contributed by atoms with van der Waals surface area (Å²) in [6.07, 6.45) is 3.14. The second-order valence-electron chi connectivity index (χ2n) is 3.12. The number of carbonyl (C=O) groups is 1. The smallest absolute Gasteiger partial charge is 0.341 e. The van der Waals surface area contributed by atoms with Gasteiger partial charge in [-0.25, -0.2) is 9.78 Å². The van der Waals surface area contributed by atoms with Gasteiger partial charge in [0.25, 0.3) is 0 Å². The van der Waals surface area contributed by atoms with Crippen LogP contribution in [0.2, 0.25) is 0 Å². The first-order valence-electron chi connectivity index (χ1n) is 4.85. The van der Waals surface area contributed by atoms with Gasteiger partial charge in [-0.2, -0.15) is 4.98 Å². The summed E-state index contributed by atoms with van der Waals surface area (Å²) in [5, 5.41) is 8.47. The summed E-state index contributed by atoms with van der Waals surface area (Å²) in [7, 11) is 0. The topological polar surface area (TPSA) is 85.2 Å². The Morgan fingerprint density at radius 1 is 1.18 bits per heavy atom. The van der Waals surface area contributed by atoms with Crippen LogP contribution in [0.15, 0.2) is 36.7 Å². The van der Waals surface area contributed by atoms with E-state index in [1.54, 1.807) is 24.4 Å². The van der Waals surface area contributed by atoms with E-state index in [9.17, 15) is 4.79 Å². The van der Waals surface area contributed by atoms with Gasteiger partial charge in [-0.15, -0.1) is 0 Å². The first-order valence-corrected chi connectivity index (χ1v) is 4.85. The van der Waals surface area contributed by atoms with E-state index in [0.717, 1.165) is 0 Å². The van der Waals surface area contributed by atoms with E-state index in [1.807, 2.05) is 6.07 Å². The van der Waals surface area contributed by atoms with Crippen molar-refractivity contribution in [3.8, 4) is 17.4 Å². The van der Waals surface area contributed by atoms with Gasteiger partial charge in [-0.3, -0.25) is 4.98 Å². The molecule has 6 heteroatoms. The van der Waals surface area contributed by atoms with Gasteiger partial charge in [0, 0.05) is 12.4 Å². The number of rotatable bonds is 4. The number of pyridine rings is 1. The van der Waals surface area contributed by atoms with E-state index in [0.29, 0.717) is 11.4 Å². The van der Waals surface area contributed by atoms with Crippen molar-refractivity contribution in [2.75, 3.05) is 6.61 Å². The van der Waals surface area contributed by atoms with Crippen molar-refractivity contribution in [2.45, 2.75) is 0 Å². The molecule has 0 saturated heterocycles. The predicted octanol–water partition coefficient (Wildman–Crippen LogP) is 1.00. The van der Waals surface area contributed by atoms with E-state index >= 15 is 0 Å². The molecule has 0 aliphatic heterocycles. The first kappa shape index (κ1) is 11.0. The van der Waals surface area contributed by atoms with Crippen LogP contribution in [0.25, 0.3) is 11.4 Å². The number of carboxylic acid groups (broad SMARTS) is 1. The fraction of sp³-hybridized carbons (Fsp3) is 0.0909. The fourth-order valence-electron chi connectivity index (χ4n) is 1.19. The summed E-state index contributed by atoms with van der Waals surface area (Å²) < 4.78 is 4.88. The first-order chi connectivity index (χ1) is 8.25. The van der Waals surface area contributed by atoms with E-state index in [1.165, 1.54) is 6.20 Å². The van der Waals surface area contributed by atoms with Crippen molar-refractivity contribution in [1.82, 2.24) is 15.0 Å². The summed E-state index contributed by atoms with van der Waals surface area (Å²) in [5.41, 5.74) is 1.26. The van der Waals surface area contributed by atoms with Crippen LogP contribution in [0.5, 0.6) is 6.01 Å². The van der Waals surface area contributed by atoms with Gasteiger partial charge in [-0.05, 0) is 18.2 Å². The number of hydrogen-bond acceptors (Lipinski definition) is 5. The van der Waals surface area contributed by atoms with Gasteiger partial charge in [0.2, 0.25) is 0 Å². The SMILES string of the molecule is O=C(O)COc1nccc(-c2ccccn2)n1. The molecule has 2 rings (SSSR count). The molecule has 0 aromatic carbocycles. The van der Waals surface area contributed by atoms with E-state index in [4.69, 9.17) is 9.84 Å². The summed E-state index contributed by atoms with van der Waals surface area (Å²) in [5.74, 6) is -1.07. The number of ether oxygens (including phenoxy) is 1. The highest BCUT2D eigenvalue weighted by Crippen LogP contribution is 2.14. The van der Waals surface area contributed by atoms with E-state index in [-0.39, 0.29) is 6.01 Å². The number of hydrogen-bond donors (Lipinski definition) is 1. The second-order valence-corrected chi connectivity index (χ2v) is 3.12. The Labute approximate surface area is 96.9 Å². The normalized spacial score (nSPS) is 9.88. The summed E-state index contributed by atoms with van der Waals surface area (Å²) in [6, 6.07) is 7.13. The summed E-state index contributed by atoms with van der Waals surface area (Å²) in [4.78, 5) is 22.3. The molecular formula is C11H9N3O3. The predicted molar refractivity (Wildman–Crippen MR) is 58.4 cm³/mol. The Hall–Kier alpha value is -2.50. The second kappa shape index (κ2) is 5.02. The van der Waals surface area contributed by atoms with Crippen LogP contribution in [0.1, 0.15) is 0 Å². The zero-order valence-electron chi connectivity index (χ0n) is 8.78. The molecule has 0 amide bonds. The summed E-state index contributed by atoms with van der Waals surface area (Å²) in [6.45, 7) is -0.467. The maximum Gasteiger partial charge on any atom is 0.341 e. The molecule has 86 valence electrons. The molecule has 2 heterocycles. The van der Waals surface area contributed by atoms with Crippen LogP contribution in [0.3, 0.4) is 0 Å². The minimum atomic E-state index is -1.07. The third-order valence-electron chi connectivity index (χ3n) is 1.89. The third-order valence-corrected chi connectivity index (χ3v) is 1.89. The Bertz CT molecular complexity index is 516. The Morgan fingerprint density at radius 2 is 2.06 bits per heavy atom. The monoisotopic (exact) mass is 231 g/mol. The minimum absolute atomic E-state index is 0.0237. The van der Waals surface area contributed by atoms with Gasteiger partial charge in [0.15, 0.2) is 6.61 Å². The minimum Gasteiger partial charge on any atom is -0.479 e. The van der Waals surface area contributed by atoms with Gasteiger partial charge in [-0.1, -0.05) is 6.07 Å². The van der Waals surface area contributed by atoms with Crippen molar-refractivity contribution < 1.29 is 14.6 Å².